The summed E-state index contributed by atoms with van der Waals surface area (Å²) in [6.07, 6.45) is 1.95. The lowest BCUT2D eigenvalue weighted by atomic mass is 9.85. The molecule has 0 radical (unpaired) electrons. The molecule has 0 bridgehead atoms. The van der Waals surface area contributed by atoms with Crippen LogP contribution < -0.4 is 5.32 Å². The van der Waals surface area contributed by atoms with Gasteiger partial charge in [-0.25, -0.2) is 0 Å². The molecule has 0 atom stereocenters. The van der Waals surface area contributed by atoms with Crippen molar-refractivity contribution in [3.05, 3.63) is 16.4 Å². The summed E-state index contributed by atoms with van der Waals surface area (Å²) in [5, 5.41) is 17.4. The number of aryl methyl sites for hydroxylation is 1. The summed E-state index contributed by atoms with van der Waals surface area (Å²) < 4.78 is 1.79. The fourth-order valence-electron chi connectivity index (χ4n) is 2.73. The van der Waals surface area contributed by atoms with Gasteiger partial charge in [-0.15, -0.1) is 0 Å². The van der Waals surface area contributed by atoms with Crippen molar-refractivity contribution in [1.82, 2.24) is 20.0 Å². The number of hydrogen-bond acceptors (Lipinski definition) is 4. The lowest BCUT2D eigenvalue weighted by Crippen LogP contribution is -2.53. The highest BCUT2D eigenvalue weighted by molar-refractivity contribution is 6.31. The summed E-state index contributed by atoms with van der Waals surface area (Å²) in [5.74, 6) is -0.760. The molecular weight excluding hydrogens is 292 g/mol. The average Bonchev–Trinajstić information content (AvgIpc) is 2.62. The molecule has 1 saturated carbocycles. The number of likely N-dealkylation sites (N-methyl/N-ethyl adjacent to an activating group) is 1. The molecule has 1 heterocycles. The first-order valence-corrected chi connectivity index (χ1v) is 7.67. The number of halogens is 1. The Morgan fingerprint density at radius 1 is 1.57 bits per heavy atom. The monoisotopic (exact) mass is 314 g/mol. The Hall–Kier alpha value is -1.11. The van der Waals surface area contributed by atoms with Crippen LogP contribution in [0.25, 0.3) is 0 Å². The number of carboxylic acids is 1. The van der Waals surface area contributed by atoms with Crippen LogP contribution in [0.2, 0.25) is 5.02 Å². The van der Waals surface area contributed by atoms with Gasteiger partial charge in [0, 0.05) is 25.7 Å². The molecular formula is C14H23ClN4O2. The minimum absolute atomic E-state index is 0.124. The molecule has 1 aliphatic rings. The van der Waals surface area contributed by atoms with Crippen LogP contribution in [-0.2, 0) is 18.4 Å². The van der Waals surface area contributed by atoms with Gasteiger partial charge in [0.05, 0.1) is 23.0 Å². The summed E-state index contributed by atoms with van der Waals surface area (Å²) in [7, 11) is 1.88. The molecule has 0 saturated heterocycles. The molecule has 118 valence electrons. The number of nitrogens with zero attached hydrogens (tertiary/aromatic N) is 3. The Bertz CT molecular complexity index is 511. The van der Waals surface area contributed by atoms with E-state index in [1.165, 1.54) is 0 Å². The van der Waals surface area contributed by atoms with E-state index >= 15 is 0 Å². The predicted molar refractivity (Wildman–Crippen MR) is 81.5 cm³/mol. The Morgan fingerprint density at radius 2 is 2.24 bits per heavy atom. The largest absolute Gasteiger partial charge is 0.480 e. The highest BCUT2D eigenvalue weighted by Crippen LogP contribution is 2.26. The summed E-state index contributed by atoms with van der Waals surface area (Å²) >= 11 is 6.22. The third kappa shape index (κ3) is 3.75. The van der Waals surface area contributed by atoms with Crippen LogP contribution in [-0.4, -0.2) is 50.9 Å². The zero-order chi connectivity index (χ0) is 15.6. The van der Waals surface area contributed by atoms with E-state index in [4.69, 9.17) is 16.7 Å². The van der Waals surface area contributed by atoms with E-state index in [2.05, 4.69) is 10.4 Å². The second-order valence-electron chi connectivity index (χ2n) is 5.63. The van der Waals surface area contributed by atoms with Crippen molar-refractivity contribution in [3.8, 4) is 0 Å². The van der Waals surface area contributed by atoms with Crippen LogP contribution in [0.15, 0.2) is 0 Å². The van der Waals surface area contributed by atoms with Crippen molar-refractivity contribution in [2.75, 3.05) is 13.1 Å². The van der Waals surface area contributed by atoms with Gasteiger partial charge in [-0.3, -0.25) is 14.4 Å². The zero-order valence-electron chi connectivity index (χ0n) is 12.8. The molecule has 1 aliphatic carbocycles. The maximum atomic E-state index is 10.8. The van der Waals surface area contributed by atoms with Crippen molar-refractivity contribution < 1.29 is 9.90 Å². The Morgan fingerprint density at radius 3 is 2.71 bits per heavy atom. The predicted octanol–water partition coefficient (Wildman–Crippen LogP) is 1.41. The number of rotatable bonds is 7. The Balaban J connectivity index is 1.77. The van der Waals surface area contributed by atoms with Crippen molar-refractivity contribution in [1.29, 1.82) is 0 Å². The normalized spacial score (nSPS) is 21.6. The number of aliphatic carboxylic acids is 1. The molecule has 2 rings (SSSR count). The highest BCUT2D eigenvalue weighted by atomic mass is 35.5. The lowest BCUT2D eigenvalue weighted by Gasteiger charge is -2.42. The van der Waals surface area contributed by atoms with Crippen LogP contribution in [0.5, 0.6) is 0 Å². The molecule has 1 aromatic heterocycles. The first-order chi connectivity index (χ1) is 9.92. The molecule has 1 fully saturated rings. The fraction of sp³-hybridized carbons (Fsp3) is 0.714. The Labute approximate surface area is 130 Å². The van der Waals surface area contributed by atoms with Crippen LogP contribution >= 0.6 is 11.6 Å². The van der Waals surface area contributed by atoms with Crippen LogP contribution in [0.4, 0.5) is 0 Å². The van der Waals surface area contributed by atoms with Gasteiger partial charge in [-0.05, 0) is 26.3 Å². The SMILES string of the molecule is CCN(CC(=O)O)C1CC(NCc2nn(C)c(C)c2Cl)C1. The van der Waals surface area contributed by atoms with Gasteiger partial charge in [-0.2, -0.15) is 5.10 Å². The number of nitrogens with one attached hydrogen (secondary N) is 1. The minimum atomic E-state index is -0.760. The van der Waals surface area contributed by atoms with E-state index in [1.54, 1.807) is 4.68 Å². The molecule has 7 heteroatoms. The molecule has 0 aromatic carbocycles. The first-order valence-electron chi connectivity index (χ1n) is 7.29. The summed E-state index contributed by atoms with van der Waals surface area (Å²) in [4.78, 5) is 12.8. The second kappa shape index (κ2) is 6.77. The minimum Gasteiger partial charge on any atom is -0.480 e. The third-order valence-electron chi connectivity index (χ3n) is 4.26. The van der Waals surface area contributed by atoms with E-state index < -0.39 is 5.97 Å². The van der Waals surface area contributed by atoms with E-state index in [-0.39, 0.29) is 6.54 Å². The van der Waals surface area contributed by atoms with E-state index in [0.717, 1.165) is 35.8 Å². The van der Waals surface area contributed by atoms with Crippen molar-refractivity contribution in [2.45, 2.75) is 45.3 Å². The topological polar surface area (TPSA) is 70.4 Å². The number of carbonyl (C=O) groups is 1. The smallest absolute Gasteiger partial charge is 0.317 e. The van der Waals surface area contributed by atoms with Gasteiger partial charge in [-0.1, -0.05) is 18.5 Å². The standard InChI is InChI=1S/C14H23ClN4O2/c1-4-19(8-13(20)21)11-5-10(6-11)16-7-12-14(15)9(2)18(3)17-12/h10-11,16H,4-8H2,1-3H3,(H,20,21). The molecule has 0 spiro atoms. The van der Waals surface area contributed by atoms with Gasteiger partial charge < -0.3 is 10.4 Å². The zero-order valence-corrected chi connectivity index (χ0v) is 13.5. The molecule has 2 N–H and O–H groups in total. The van der Waals surface area contributed by atoms with Crippen molar-refractivity contribution >= 4 is 17.6 Å². The molecule has 6 nitrogen and oxygen atoms in total. The van der Waals surface area contributed by atoms with Gasteiger partial charge in [0.1, 0.15) is 0 Å². The molecule has 0 amide bonds. The third-order valence-corrected chi connectivity index (χ3v) is 4.75. The quantitative estimate of drug-likeness (QED) is 0.796. The first kappa shape index (κ1) is 16.3. The highest BCUT2D eigenvalue weighted by Gasteiger charge is 2.33. The lowest BCUT2D eigenvalue weighted by molar-refractivity contribution is -0.139. The second-order valence-corrected chi connectivity index (χ2v) is 6.01. The van der Waals surface area contributed by atoms with E-state index in [0.29, 0.717) is 18.6 Å². The number of carboxylic acid groups (broad SMARTS) is 1. The maximum Gasteiger partial charge on any atom is 0.317 e. The molecule has 1 aromatic rings. The van der Waals surface area contributed by atoms with Crippen LogP contribution in [0, 0.1) is 6.92 Å². The molecule has 0 unspecified atom stereocenters. The van der Waals surface area contributed by atoms with Gasteiger partial charge in [0.2, 0.25) is 0 Å². The van der Waals surface area contributed by atoms with Crippen molar-refractivity contribution in [2.24, 2.45) is 7.05 Å². The van der Waals surface area contributed by atoms with Gasteiger partial charge in [0.25, 0.3) is 0 Å². The van der Waals surface area contributed by atoms with Crippen LogP contribution in [0.3, 0.4) is 0 Å². The number of aromatic nitrogens is 2. The molecule has 21 heavy (non-hydrogen) atoms. The van der Waals surface area contributed by atoms with E-state index in [9.17, 15) is 4.79 Å². The van der Waals surface area contributed by atoms with Crippen molar-refractivity contribution in [3.63, 3.8) is 0 Å². The van der Waals surface area contributed by atoms with Gasteiger partial charge in [0.15, 0.2) is 0 Å². The van der Waals surface area contributed by atoms with E-state index in [1.807, 2.05) is 25.8 Å². The summed E-state index contributed by atoms with van der Waals surface area (Å²) in [6, 6.07) is 0.778. The summed E-state index contributed by atoms with van der Waals surface area (Å²) in [5.41, 5.74) is 1.84. The number of hydrogen-bond donors (Lipinski definition) is 2. The average molecular weight is 315 g/mol. The molecule has 0 aliphatic heterocycles. The van der Waals surface area contributed by atoms with Crippen LogP contribution in [0.1, 0.15) is 31.2 Å². The summed E-state index contributed by atoms with van der Waals surface area (Å²) in [6.45, 7) is 5.50. The maximum absolute atomic E-state index is 10.8. The van der Waals surface area contributed by atoms with Gasteiger partial charge >= 0.3 is 5.97 Å². The fourth-order valence-corrected chi connectivity index (χ4v) is 2.96. The Kier molecular flexibility index (Phi) is 5.24.